The maximum Gasteiger partial charge on any atom is 0.416 e. The monoisotopic (exact) mass is 330 g/mol. The minimum absolute atomic E-state index is 0.0377. The Hall–Kier alpha value is -1.51. The lowest BCUT2D eigenvalue weighted by molar-refractivity contribution is -0.143. The summed E-state index contributed by atoms with van der Waals surface area (Å²) in [6.07, 6.45) is -9.05. The second kappa shape index (κ2) is 6.50. The van der Waals surface area contributed by atoms with Crippen LogP contribution < -0.4 is 10.6 Å². The lowest BCUT2D eigenvalue weighted by Crippen LogP contribution is -2.29. The van der Waals surface area contributed by atoms with Crippen LogP contribution in [0.25, 0.3) is 0 Å². The van der Waals surface area contributed by atoms with Crippen LogP contribution in [0.15, 0.2) is 18.2 Å². The number of rotatable bonds is 3. The number of hydrogen-bond donors (Lipinski definition) is 2. The first kappa shape index (κ1) is 17.5. The van der Waals surface area contributed by atoms with Crippen LogP contribution in [0, 0.1) is 0 Å². The van der Waals surface area contributed by atoms with E-state index in [9.17, 15) is 26.3 Å². The number of nitrogens with one attached hydrogen (secondary N) is 2. The van der Waals surface area contributed by atoms with Gasteiger partial charge in [0.2, 0.25) is 0 Å². The largest absolute Gasteiger partial charge is 0.416 e. The molecule has 0 fully saturated rings. The number of anilines is 1. The molecule has 0 aliphatic rings. The van der Waals surface area contributed by atoms with E-state index in [2.05, 4.69) is 10.6 Å². The van der Waals surface area contributed by atoms with Gasteiger partial charge in [-0.15, -0.1) is 0 Å². The van der Waals surface area contributed by atoms with E-state index in [0.717, 1.165) is 0 Å². The van der Waals surface area contributed by atoms with Gasteiger partial charge in [-0.3, -0.25) is 0 Å². The number of benzene rings is 1. The van der Waals surface area contributed by atoms with E-state index in [4.69, 9.17) is 12.2 Å². The standard InChI is InChI=1S/C12H12F6N2S/c1-2-3-19-10(21)20-9-5-7(11(13,14)15)4-8(6-9)12(16,17)18/h4-6H,2-3H2,1H3,(H2,19,20,21). The number of thiocarbonyl (C=S) groups is 1. The van der Waals surface area contributed by atoms with E-state index in [0.29, 0.717) is 25.1 Å². The molecule has 118 valence electrons. The zero-order valence-electron chi connectivity index (χ0n) is 10.8. The van der Waals surface area contributed by atoms with Gasteiger partial charge in [0.25, 0.3) is 0 Å². The van der Waals surface area contributed by atoms with Crippen molar-refractivity contribution < 1.29 is 26.3 Å². The zero-order valence-corrected chi connectivity index (χ0v) is 11.6. The molecular weight excluding hydrogens is 318 g/mol. The highest BCUT2D eigenvalue weighted by molar-refractivity contribution is 7.80. The van der Waals surface area contributed by atoms with Crippen molar-refractivity contribution in [1.82, 2.24) is 5.32 Å². The SMILES string of the molecule is CCCNC(=S)Nc1cc(C(F)(F)F)cc(C(F)(F)F)c1. The first-order valence-electron chi connectivity index (χ1n) is 5.88. The molecule has 0 radical (unpaired) electrons. The average molecular weight is 330 g/mol. The maximum atomic E-state index is 12.6. The van der Waals surface area contributed by atoms with Crippen LogP contribution in [0.3, 0.4) is 0 Å². The lowest BCUT2D eigenvalue weighted by atomic mass is 10.1. The first-order valence-corrected chi connectivity index (χ1v) is 6.29. The summed E-state index contributed by atoms with van der Waals surface area (Å²) in [5.74, 6) is 0. The van der Waals surface area contributed by atoms with E-state index in [1.165, 1.54) is 0 Å². The Bertz CT molecular complexity index is 477. The molecule has 0 saturated heterocycles. The van der Waals surface area contributed by atoms with Crippen LogP contribution in [0.1, 0.15) is 24.5 Å². The molecule has 21 heavy (non-hydrogen) atoms. The Morgan fingerprint density at radius 3 is 1.86 bits per heavy atom. The van der Waals surface area contributed by atoms with Gasteiger partial charge in [0.1, 0.15) is 0 Å². The van der Waals surface area contributed by atoms with Crippen LogP contribution in [-0.2, 0) is 12.4 Å². The predicted molar refractivity (Wildman–Crippen MR) is 71.0 cm³/mol. The minimum Gasteiger partial charge on any atom is -0.362 e. The van der Waals surface area contributed by atoms with Gasteiger partial charge in [0.15, 0.2) is 5.11 Å². The molecule has 9 heteroatoms. The van der Waals surface area contributed by atoms with Crippen molar-refractivity contribution in [3.8, 4) is 0 Å². The fourth-order valence-electron chi connectivity index (χ4n) is 1.44. The third-order valence-corrected chi connectivity index (χ3v) is 2.63. The molecule has 0 spiro atoms. The van der Waals surface area contributed by atoms with Crippen LogP contribution in [0.5, 0.6) is 0 Å². The zero-order chi connectivity index (χ0) is 16.3. The van der Waals surface area contributed by atoms with Crippen LogP contribution in [0.2, 0.25) is 0 Å². The van der Waals surface area contributed by atoms with Crippen LogP contribution >= 0.6 is 12.2 Å². The molecule has 0 aliphatic carbocycles. The van der Waals surface area contributed by atoms with Gasteiger partial charge in [-0.2, -0.15) is 26.3 Å². The first-order chi connectivity index (χ1) is 9.54. The van der Waals surface area contributed by atoms with E-state index in [-0.39, 0.29) is 16.9 Å². The fraction of sp³-hybridized carbons (Fsp3) is 0.417. The Labute approximate surface area is 122 Å². The lowest BCUT2D eigenvalue weighted by Gasteiger charge is -2.16. The van der Waals surface area contributed by atoms with Crippen molar-refractivity contribution in [1.29, 1.82) is 0 Å². The van der Waals surface area contributed by atoms with Gasteiger partial charge < -0.3 is 10.6 Å². The van der Waals surface area contributed by atoms with E-state index in [1.54, 1.807) is 0 Å². The molecule has 0 heterocycles. The van der Waals surface area contributed by atoms with Gasteiger partial charge in [0.05, 0.1) is 11.1 Å². The summed E-state index contributed by atoms with van der Waals surface area (Å²) in [6.45, 7) is 2.29. The molecule has 0 atom stereocenters. The molecule has 0 aliphatic heterocycles. The molecule has 2 N–H and O–H groups in total. The molecule has 0 unspecified atom stereocenters. The smallest absolute Gasteiger partial charge is 0.362 e. The van der Waals surface area contributed by atoms with Crippen molar-refractivity contribution in [2.45, 2.75) is 25.7 Å². The van der Waals surface area contributed by atoms with Gasteiger partial charge in [-0.25, -0.2) is 0 Å². The van der Waals surface area contributed by atoms with Crippen LogP contribution in [0.4, 0.5) is 32.0 Å². The Morgan fingerprint density at radius 2 is 1.48 bits per heavy atom. The highest BCUT2D eigenvalue weighted by Gasteiger charge is 2.36. The molecule has 0 bridgehead atoms. The summed E-state index contributed by atoms with van der Waals surface area (Å²) in [7, 11) is 0. The van der Waals surface area contributed by atoms with Gasteiger partial charge >= 0.3 is 12.4 Å². The highest BCUT2D eigenvalue weighted by atomic mass is 32.1. The van der Waals surface area contributed by atoms with Crippen molar-refractivity contribution in [2.75, 3.05) is 11.9 Å². The Kier molecular flexibility index (Phi) is 5.43. The van der Waals surface area contributed by atoms with Crippen LogP contribution in [-0.4, -0.2) is 11.7 Å². The second-order valence-electron chi connectivity index (χ2n) is 4.18. The molecule has 1 rings (SSSR count). The predicted octanol–water partition coefficient (Wildman–Crippen LogP) is 4.42. The number of halogens is 6. The Balaban J connectivity index is 3.11. The molecular formula is C12H12F6N2S. The molecule has 0 saturated carbocycles. The van der Waals surface area contributed by atoms with Gasteiger partial charge in [-0.05, 0) is 36.8 Å². The summed E-state index contributed by atoms with van der Waals surface area (Å²) in [4.78, 5) is 0. The maximum absolute atomic E-state index is 12.6. The number of hydrogen-bond acceptors (Lipinski definition) is 1. The minimum atomic E-state index is -4.88. The fourth-order valence-corrected chi connectivity index (χ4v) is 1.66. The second-order valence-corrected chi connectivity index (χ2v) is 4.58. The van der Waals surface area contributed by atoms with Crippen molar-refractivity contribution in [3.63, 3.8) is 0 Å². The van der Waals surface area contributed by atoms with E-state index in [1.807, 2.05) is 6.92 Å². The van der Waals surface area contributed by atoms with Gasteiger partial charge in [-0.1, -0.05) is 6.92 Å². The van der Waals surface area contributed by atoms with Crippen molar-refractivity contribution in [3.05, 3.63) is 29.3 Å². The van der Waals surface area contributed by atoms with Gasteiger partial charge in [0, 0.05) is 12.2 Å². The van der Waals surface area contributed by atoms with Crippen molar-refractivity contribution >= 4 is 23.0 Å². The normalized spacial score (nSPS) is 12.1. The summed E-state index contributed by atoms with van der Waals surface area (Å²) in [5.41, 5.74) is -3.15. The highest BCUT2D eigenvalue weighted by Crippen LogP contribution is 2.37. The quantitative estimate of drug-likeness (QED) is 0.634. The van der Waals surface area contributed by atoms with E-state index < -0.39 is 23.5 Å². The topological polar surface area (TPSA) is 24.1 Å². The molecule has 2 nitrogen and oxygen atoms in total. The summed E-state index contributed by atoms with van der Waals surface area (Å²) < 4.78 is 75.8. The molecule has 0 amide bonds. The van der Waals surface area contributed by atoms with E-state index >= 15 is 0 Å². The Morgan fingerprint density at radius 1 is 1.00 bits per heavy atom. The molecule has 1 aromatic rings. The van der Waals surface area contributed by atoms with Crippen molar-refractivity contribution in [2.24, 2.45) is 0 Å². The summed E-state index contributed by atoms with van der Waals surface area (Å²) in [6, 6.07) is 1.22. The summed E-state index contributed by atoms with van der Waals surface area (Å²) >= 11 is 4.79. The molecule has 0 aromatic heterocycles. The molecule has 1 aromatic carbocycles. The average Bonchev–Trinajstić information content (AvgIpc) is 2.34. The third kappa shape index (κ3) is 5.41. The number of alkyl halides is 6. The summed E-state index contributed by atoms with van der Waals surface area (Å²) in [5, 5.41) is 4.94. The third-order valence-electron chi connectivity index (χ3n) is 2.38.